The molecule has 1 heterocycles. The van der Waals surface area contributed by atoms with E-state index in [9.17, 15) is 17.6 Å². The molecule has 10 nitrogen and oxygen atoms in total. The van der Waals surface area contributed by atoms with Crippen molar-refractivity contribution >= 4 is 21.8 Å². The summed E-state index contributed by atoms with van der Waals surface area (Å²) in [4.78, 5) is 12.2. The molecule has 0 aliphatic rings. The highest BCUT2D eigenvalue weighted by Gasteiger charge is 2.19. The van der Waals surface area contributed by atoms with E-state index in [1.54, 1.807) is 12.1 Å². The summed E-state index contributed by atoms with van der Waals surface area (Å²) in [6, 6.07) is 7.59. The van der Waals surface area contributed by atoms with Crippen molar-refractivity contribution in [3.05, 3.63) is 42.2 Å². The Hall–Kier alpha value is -3.67. The number of carbonyl (C=O) groups is 1. The molecule has 0 radical (unpaired) electrons. The first-order valence-electron chi connectivity index (χ1n) is 9.69. The quantitative estimate of drug-likeness (QED) is 0.436. The highest BCUT2D eigenvalue weighted by atomic mass is 32.2. The van der Waals surface area contributed by atoms with E-state index in [0.29, 0.717) is 22.8 Å². The molecule has 3 aromatic rings. The molecule has 12 heteroatoms. The average Bonchev–Trinajstić information content (AvgIpc) is 3.26. The Morgan fingerprint density at radius 1 is 1.03 bits per heavy atom. The van der Waals surface area contributed by atoms with Crippen LogP contribution >= 0.6 is 0 Å². The van der Waals surface area contributed by atoms with Gasteiger partial charge in [0.1, 0.15) is 5.82 Å². The lowest BCUT2D eigenvalue weighted by Crippen LogP contribution is -2.14. The van der Waals surface area contributed by atoms with Crippen LogP contribution in [-0.2, 0) is 14.6 Å². The molecule has 2 aromatic carbocycles. The Labute approximate surface area is 189 Å². The predicted octanol–water partition coefficient (Wildman–Crippen LogP) is 3.09. The summed E-state index contributed by atoms with van der Waals surface area (Å²) in [7, 11) is 0.787. The molecule has 1 amide bonds. The number of ether oxygens (including phenoxy) is 3. The largest absolute Gasteiger partial charge is 0.493 e. The Balaban J connectivity index is 1.61. The van der Waals surface area contributed by atoms with Crippen LogP contribution in [0.5, 0.6) is 17.2 Å². The molecule has 0 aliphatic heterocycles. The van der Waals surface area contributed by atoms with Gasteiger partial charge in [0.05, 0.1) is 32.0 Å². The third kappa shape index (κ3) is 5.77. The summed E-state index contributed by atoms with van der Waals surface area (Å²) >= 11 is 0. The van der Waals surface area contributed by atoms with Crippen LogP contribution in [0.2, 0.25) is 0 Å². The van der Waals surface area contributed by atoms with Gasteiger partial charge in [0.2, 0.25) is 17.5 Å². The minimum atomic E-state index is -3.63. The van der Waals surface area contributed by atoms with E-state index in [0.717, 1.165) is 12.1 Å². The van der Waals surface area contributed by atoms with Crippen molar-refractivity contribution in [2.45, 2.75) is 17.7 Å². The maximum absolute atomic E-state index is 13.0. The molecular weight excluding hydrogens is 457 g/mol. The van der Waals surface area contributed by atoms with E-state index >= 15 is 0 Å². The van der Waals surface area contributed by atoms with Gasteiger partial charge >= 0.3 is 6.01 Å². The van der Waals surface area contributed by atoms with Crippen molar-refractivity contribution < 1.29 is 36.2 Å². The van der Waals surface area contributed by atoms with E-state index in [2.05, 4.69) is 15.5 Å². The van der Waals surface area contributed by atoms with Gasteiger partial charge in [-0.05, 0) is 42.8 Å². The number of hydrogen-bond donors (Lipinski definition) is 1. The third-order valence-corrected chi connectivity index (χ3v) is 6.39. The fraction of sp³-hybridized carbons (Fsp3) is 0.286. The number of aromatic nitrogens is 2. The summed E-state index contributed by atoms with van der Waals surface area (Å²) < 4.78 is 58.8. The lowest BCUT2D eigenvalue weighted by Gasteiger charge is -2.12. The number of nitrogens with one attached hydrogen (secondary N) is 1. The first kappa shape index (κ1) is 24.0. The van der Waals surface area contributed by atoms with Gasteiger partial charge < -0.3 is 18.6 Å². The van der Waals surface area contributed by atoms with Gasteiger partial charge in [0, 0.05) is 12.0 Å². The molecule has 0 saturated heterocycles. The Kier molecular flexibility index (Phi) is 7.48. The Bertz CT molecular complexity index is 1200. The van der Waals surface area contributed by atoms with Crippen molar-refractivity contribution in [3.63, 3.8) is 0 Å². The third-order valence-electron chi connectivity index (χ3n) is 4.57. The van der Waals surface area contributed by atoms with Crippen LogP contribution in [0.15, 0.2) is 45.7 Å². The van der Waals surface area contributed by atoms with Crippen LogP contribution in [0.3, 0.4) is 0 Å². The van der Waals surface area contributed by atoms with Crippen LogP contribution in [0.4, 0.5) is 10.4 Å². The van der Waals surface area contributed by atoms with Crippen LogP contribution in [0, 0.1) is 5.82 Å². The molecule has 0 atom stereocenters. The number of methoxy groups -OCH3 is 3. The van der Waals surface area contributed by atoms with Gasteiger partial charge in [-0.25, -0.2) is 12.8 Å². The van der Waals surface area contributed by atoms with E-state index in [4.69, 9.17) is 18.6 Å². The summed E-state index contributed by atoms with van der Waals surface area (Å²) in [6.45, 7) is 0. The second-order valence-electron chi connectivity index (χ2n) is 6.75. The molecule has 33 heavy (non-hydrogen) atoms. The molecule has 1 N–H and O–H groups in total. The summed E-state index contributed by atoms with van der Waals surface area (Å²) in [5.41, 5.74) is 0.475. The molecule has 0 spiro atoms. The van der Waals surface area contributed by atoms with E-state index in [-0.39, 0.29) is 35.4 Å². The number of nitrogens with zero attached hydrogens (tertiary/aromatic N) is 2. The molecule has 0 aliphatic carbocycles. The Morgan fingerprint density at radius 2 is 1.67 bits per heavy atom. The van der Waals surface area contributed by atoms with Crippen LogP contribution in [-0.4, -0.2) is 51.6 Å². The van der Waals surface area contributed by atoms with Crippen LogP contribution < -0.4 is 19.5 Å². The van der Waals surface area contributed by atoms with E-state index in [1.807, 2.05) is 0 Å². The van der Waals surface area contributed by atoms with Gasteiger partial charge in [-0.2, -0.15) is 0 Å². The number of hydrogen-bond acceptors (Lipinski definition) is 9. The molecule has 3 rings (SSSR count). The monoisotopic (exact) mass is 479 g/mol. The molecule has 0 bridgehead atoms. The molecule has 0 fully saturated rings. The zero-order chi connectivity index (χ0) is 24.0. The zero-order valence-electron chi connectivity index (χ0n) is 18.1. The number of carbonyl (C=O) groups excluding carboxylic acids is 1. The predicted molar refractivity (Wildman–Crippen MR) is 116 cm³/mol. The highest BCUT2D eigenvalue weighted by Crippen LogP contribution is 2.41. The summed E-state index contributed by atoms with van der Waals surface area (Å²) in [6.07, 6.45) is -0.0399. The average molecular weight is 479 g/mol. The van der Waals surface area contributed by atoms with E-state index < -0.39 is 21.6 Å². The molecule has 0 saturated carbocycles. The summed E-state index contributed by atoms with van der Waals surface area (Å²) in [5.74, 6) is -0.0259. The zero-order valence-corrected chi connectivity index (χ0v) is 18.9. The number of anilines is 1. The fourth-order valence-corrected chi connectivity index (χ4v) is 4.27. The minimum absolute atomic E-state index is 0.00352. The molecule has 0 unspecified atom stereocenters. The van der Waals surface area contributed by atoms with Gasteiger partial charge in [0.15, 0.2) is 21.3 Å². The van der Waals surface area contributed by atoms with Crippen molar-refractivity contribution in [2.24, 2.45) is 0 Å². The standard InChI is InChI=1S/C21H22FN3O7S/c1-29-16-11-13(12-17(30-2)19(16)31-3)20-24-25-21(32-20)23-18(26)5-4-10-33(27,28)15-8-6-14(22)7-9-15/h6-9,11-12H,4-5,10H2,1-3H3,(H,23,25,26). The number of sulfone groups is 1. The number of benzene rings is 2. The fourth-order valence-electron chi connectivity index (χ4n) is 2.96. The molecular formula is C21H22FN3O7S. The lowest BCUT2D eigenvalue weighted by atomic mass is 10.2. The number of rotatable bonds is 10. The maximum atomic E-state index is 13.0. The second kappa shape index (κ2) is 10.3. The van der Waals surface area contributed by atoms with Crippen molar-refractivity contribution in [1.29, 1.82) is 0 Å². The van der Waals surface area contributed by atoms with Gasteiger partial charge in [0.25, 0.3) is 0 Å². The lowest BCUT2D eigenvalue weighted by molar-refractivity contribution is -0.116. The topological polar surface area (TPSA) is 130 Å². The van der Waals surface area contributed by atoms with Crippen molar-refractivity contribution in [1.82, 2.24) is 10.2 Å². The highest BCUT2D eigenvalue weighted by molar-refractivity contribution is 7.91. The van der Waals surface area contributed by atoms with Gasteiger partial charge in [-0.1, -0.05) is 5.10 Å². The number of halogens is 1. The summed E-state index contributed by atoms with van der Waals surface area (Å²) in [5, 5.41) is 10.1. The van der Waals surface area contributed by atoms with Gasteiger partial charge in [-0.3, -0.25) is 10.1 Å². The minimum Gasteiger partial charge on any atom is -0.493 e. The van der Waals surface area contributed by atoms with E-state index in [1.165, 1.54) is 33.5 Å². The normalized spacial score (nSPS) is 11.2. The molecule has 176 valence electrons. The molecule has 1 aromatic heterocycles. The van der Waals surface area contributed by atoms with Gasteiger partial charge in [-0.15, -0.1) is 5.10 Å². The van der Waals surface area contributed by atoms with Crippen molar-refractivity contribution in [3.8, 4) is 28.7 Å². The van der Waals surface area contributed by atoms with Crippen LogP contribution in [0.1, 0.15) is 12.8 Å². The Morgan fingerprint density at radius 3 is 2.24 bits per heavy atom. The number of amides is 1. The van der Waals surface area contributed by atoms with Crippen molar-refractivity contribution in [2.75, 3.05) is 32.4 Å². The SMILES string of the molecule is COc1cc(-c2nnc(NC(=O)CCCS(=O)(=O)c3ccc(F)cc3)o2)cc(OC)c1OC. The first-order valence-corrected chi connectivity index (χ1v) is 11.3. The second-order valence-corrected chi connectivity index (χ2v) is 8.86. The van der Waals surface area contributed by atoms with Crippen LogP contribution in [0.25, 0.3) is 11.5 Å². The first-order chi connectivity index (χ1) is 15.8. The smallest absolute Gasteiger partial charge is 0.322 e. The maximum Gasteiger partial charge on any atom is 0.322 e.